The smallest absolute Gasteiger partial charge is 0.0789 e. The fraction of sp³-hybridized carbons (Fsp3) is 0.793. The Morgan fingerprint density at radius 1 is 0.629 bits per heavy atom. The first-order valence-corrected chi connectivity index (χ1v) is 14.2. The van der Waals surface area contributed by atoms with Gasteiger partial charge in [0.15, 0.2) is 0 Å². The molecule has 0 amide bonds. The van der Waals surface area contributed by atoms with Gasteiger partial charge in [-0.2, -0.15) is 0 Å². The van der Waals surface area contributed by atoms with E-state index in [1.807, 2.05) is 7.05 Å². The summed E-state index contributed by atoms with van der Waals surface area (Å²) in [4.78, 5) is 4.50. The Morgan fingerprint density at radius 2 is 1.11 bits per heavy atom. The van der Waals surface area contributed by atoms with Gasteiger partial charge in [-0.15, -0.1) is 0 Å². The van der Waals surface area contributed by atoms with E-state index in [-0.39, 0.29) is 0 Å². The van der Waals surface area contributed by atoms with Crippen LogP contribution in [0.5, 0.6) is 0 Å². The van der Waals surface area contributed by atoms with Gasteiger partial charge in [0.05, 0.1) is 12.2 Å². The maximum Gasteiger partial charge on any atom is 0.0789 e. The molecule has 0 aromatic rings. The molecule has 0 saturated heterocycles. The van der Waals surface area contributed by atoms with Gasteiger partial charge in [0.25, 0.3) is 0 Å². The summed E-state index contributed by atoms with van der Waals surface area (Å²) < 4.78 is 0. The molecule has 0 saturated carbocycles. The van der Waals surface area contributed by atoms with E-state index in [1.54, 1.807) is 0 Å². The molecule has 2 unspecified atom stereocenters. The summed E-state index contributed by atoms with van der Waals surface area (Å²) in [6, 6.07) is 0. The second kappa shape index (κ2) is 26.1. The quantitative estimate of drug-likeness (QED) is 0.112. The van der Waals surface area contributed by atoms with Crippen molar-refractivity contribution in [2.24, 2.45) is 11.5 Å². The zero-order valence-electron chi connectivity index (χ0n) is 23.0. The maximum absolute atomic E-state index is 10.0. The summed E-state index contributed by atoms with van der Waals surface area (Å²) in [6.07, 6.45) is 26.8. The first-order chi connectivity index (χ1) is 17.0. The van der Waals surface area contributed by atoms with Crippen molar-refractivity contribution in [1.29, 1.82) is 0 Å². The lowest BCUT2D eigenvalue weighted by Gasteiger charge is -2.25. The van der Waals surface area contributed by atoms with Crippen LogP contribution < -0.4 is 11.5 Å². The van der Waals surface area contributed by atoms with Gasteiger partial charge in [-0.1, -0.05) is 69.1 Å². The van der Waals surface area contributed by atoms with Crippen molar-refractivity contribution in [3.63, 3.8) is 0 Å². The van der Waals surface area contributed by atoms with Gasteiger partial charge in [0.2, 0.25) is 0 Å². The molecule has 0 radical (unpaired) electrons. The summed E-state index contributed by atoms with van der Waals surface area (Å²) in [5.74, 6) is 0. The molecule has 2 atom stereocenters. The molecule has 6 heteroatoms. The lowest BCUT2D eigenvalue weighted by Crippen LogP contribution is -2.38. The number of allylic oxidation sites excluding steroid dienone is 6. The zero-order valence-corrected chi connectivity index (χ0v) is 23.0. The number of nitrogens with two attached hydrogens (primary N) is 2. The third kappa shape index (κ3) is 24.5. The van der Waals surface area contributed by atoms with E-state index < -0.39 is 12.2 Å². The van der Waals surface area contributed by atoms with Crippen LogP contribution in [0.4, 0.5) is 0 Å². The van der Waals surface area contributed by atoms with Gasteiger partial charge in [-0.3, -0.25) is 0 Å². The molecule has 35 heavy (non-hydrogen) atoms. The molecule has 0 spiro atoms. The number of aliphatic hydroxyl groups excluding tert-OH is 2. The van der Waals surface area contributed by atoms with E-state index in [4.69, 9.17) is 11.5 Å². The fourth-order valence-electron chi connectivity index (χ4n) is 4.04. The number of nitrogens with zero attached hydrogens (tertiary/aromatic N) is 2. The third-order valence-electron chi connectivity index (χ3n) is 6.17. The van der Waals surface area contributed by atoms with Crippen LogP contribution in [0.2, 0.25) is 0 Å². The summed E-state index contributed by atoms with van der Waals surface area (Å²) in [7, 11) is 2.02. The number of hydrogen-bond acceptors (Lipinski definition) is 6. The minimum atomic E-state index is -0.446. The molecular weight excluding hydrogens is 436 g/mol. The van der Waals surface area contributed by atoms with Crippen LogP contribution >= 0.6 is 0 Å². The molecule has 0 rings (SSSR count). The number of likely N-dealkylation sites (N-methyl/N-ethyl adjacent to an activating group) is 1. The second-order valence-corrected chi connectivity index (χ2v) is 9.75. The molecule has 6 N–H and O–H groups in total. The van der Waals surface area contributed by atoms with Gasteiger partial charge in [-0.05, 0) is 78.0 Å². The first-order valence-electron chi connectivity index (χ1n) is 14.2. The Hall–Kier alpha value is -1.02. The van der Waals surface area contributed by atoms with Crippen LogP contribution in [0.15, 0.2) is 36.5 Å². The highest BCUT2D eigenvalue weighted by Gasteiger charge is 2.11. The minimum absolute atomic E-state index is 0.307. The molecular formula is C29H58N4O2. The Balaban J connectivity index is 3.82. The number of rotatable bonds is 25. The summed E-state index contributed by atoms with van der Waals surface area (Å²) in [6.45, 7) is 7.04. The SMILES string of the molecule is CC/C=C\C/C=C\C/C=C/CCCCCCCCN(CCCCN(C)CC(O)CN)CC(O)CN. The molecule has 0 aromatic carbocycles. The highest BCUT2D eigenvalue weighted by molar-refractivity contribution is 4.96. The predicted molar refractivity (Wildman–Crippen MR) is 153 cm³/mol. The van der Waals surface area contributed by atoms with Crippen molar-refractivity contribution < 1.29 is 10.2 Å². The zero-order chi connectivity index (χ0) is 26.0. The van der Waals surface area contributed by atoms with E-state index in [0.717, 1.165) is 51.7 Å². The number of unbranched alkanes of at least 4 members (excludes halogenated alkanes) is 7. The number of hydrogen-bond donors (Lipinski definition) is 4. The normalized spacial score (nSPS) is 14.4. The van der Waals surface area contributed by atoms with Crippen molar-refractivity contribution in [3.05, 3.63) is 36.5 Å². The molecule has 0 heterocycles. The van der Waals surface area contributed by atoms with Gasteiger partial charge in [0, 0.05) is 26.2 Å². The summed E-state index contributed by atoms with van der Waals surface area (Å²) in [5, 5.41) is 19.7. The van der Waals surface area contributed by atoms with Crippen LogP contribution in [-0.4, -0.2) is 85.1 Å². The Labute approximate surface area is 217 Å². The number of aliphatic hydroxyl groups is 2. The maximum atomic E-state index is 10.0. The van der Waals surface area contributed by atoms with Crippen LogP contribution in [0.1, 0.15) is 84.0 Å². The monoisotopic (exact) mass is 494 g/mol. The van der Waals surface area contributed by atoms with Gasteiger partial charge in [-0.25, -0.2) is 0 Å². The van der Waals surface area contributed by atoms with Crippen molar-refractivity contribution in [3.8, 4) is 0 Å². The summed E-state index contributed by atoms with van der Waals surface area (Å²) in [5.41, 5.74) is 11.1. The molecule has 0 aliphatic rings. The van der Waals surface area contributed by atoms with E-state index in [1.165, 1.54) is 44.9 Å². The standard InChI is InChI=1S/C29H58N4O2/c1-3-4-5-6-7-8-9-10-11-12-13-14-15-16-17-18-22-33(27-29(35)25-31)23-20-19-21-32(2)26-28(34)24-30/h4-5,7-8,10-11,28-29,34-35H,3,6,9,12-27,30-31H2,1-2H3/b5-4-,8-7-,11-10+. The lowest BCUT2D eigenvalue weighted by atomic mass is 10.1. The van der Waals surface area contributed by atoms with Crippen LogP contribution in [0.25, 0.3) is 0 Å². The lowest BCUT2D eigenvalue weighted by molar-refractivity contribution is 0.113. The topological polar surface area (TPSA) is 99.0 Å². The molecule has 0 aliphatic heterocycles. The van der Waals surface area contributed by atoms with Crippen LogP contribution in [0, 0.1) is 0 Å². The van der Waals surface area contributed by atoms with Crippen molar-refractivity contribution >= 4 is 0 Å². The van der Waals surface area contributed by atoms with E-state index >= 15 is 0 Å². The van der Waals surface area contributed by atoms with E-state index in [0.29, 0.717) is 26.2 Å². The Bertz CT molecular complexity index is 525. The van der Waals surface area contributed by atoms with Gasteiger partial charge < -0.3 is 31.5 Å². The predicted octanol–water partition coefficient (Wildman–Crippen LogP) is 4.23. The second-order valence-electron chi connectivity index (χ2n) is 9.75. The fourth-order valence-corrected chi connectivity index (χ4v) is 4.04. The van der Waals surface area contributed by atoms with Crippen molar-refractivity contribution in [2.75, 3.05) is 52.9 Å². The minimum Gasteiger partial charge on any atom is -0.390 e. The van der Waals surface area contributed by atoms with E-state index in [2.05, 4.69) is 53.2 Å². The van der Waals surface area contributed by atoms with Crippen LogP contribution in [0.3, 0.4) is 0 Å². The Kier molecular flexibility index (Phi) is 25.3. The molecule has 0 aliphatic carbocycles. The third-order valence-corrected chi connectivity index (χ3v) is 6.17. The molecule has 0 fully saturated rings. The summed E-state index contributed by atoms with van der Waals surface area (Å²) >= 11 is 0. The Morgan fingerprint density at radius 3 is 1.74 bits per heavy atom. The highest BCUT2D eigenvalue weighted by atomic mass is 16.3. The van der Waals surface area contributed by atoms with Gasteiger partial charge in [0.1, 0.15) is 0 Å². The molecule has 0 bridgehead atoms. The average Bonchev–Trinajstić information content (AvgIpc) is 2.85. The largest absolute Gasteiger partial charge is 0.390 e. The van der Waals surface area contributed by atoms with Crippen molar-refractivity contribution in [1.82, 2.24) is 9.80 Å². The van der Waals surface area contributed by atoms with Crippen LogP contribution in [-0.2, 0) is 0 Å². The molecule has 0 aromatic heterocycles. The molecule has 206 valence electrons. The molecule has 6 nitrogen and oxygen atoms in total. The van der Waals surface area contributed by atoms with Gasteiger partial charge >= 0.3 is 0 Å². The highest BCUT2D eigenvalue weighted by Crippen LogP contribution is 2.09. The first kappa shape index (κ1) is 34.0. The average molecular weight is 495 g/mol. The van der Waals surface area contributed by atoms with E-state index in [9.17, 15) is 10.2 Å². The van der Waals surface area contributed by atoms with Crippen molar-refractivity contribution in [2.45, 2.75) is 96.2 Å².